The molecule has 0 atom stereocenters. The molecule has 0 aliphatic heterocycles. The number of hydrogen-bond acceptors (Lipinski definition) is 4. The Morgan fingerprint density at radius 3 is 2.04 bits per heavy atom. The number of aromatic carboxylic acids is 1. The van der Waals surface area contributed by atoms with Crippen LogP contribution in [0.2, 0.25) is 0 Å². The fraction of sp³-hybridized carbons (Fsp3) is 0.286. The van der Waals surface area contributed by atoms with Gasteiger partial charge in [-0.25, -0.2) is 4.79 Å². The van der Waals surface area contributed by atoms with Crippen LogP contribution in [0.5, 0.6) is 5.75 Å². The van der Waals surface area contributed by atoms with Gasteiger partial charge in [0, 0.05) is 29.4 Å². The van der Waals surface area contributed by atoms with Gasteiger partial charge in [0.25, 0.3) is 11.8 Å². The Hall–Kier alpha value is -3.35. The molecule has 2 aromatic carbocycles. The van der Waals surface area contributed by atoms with E-state index in [0.29, 0.717) is 23.4 Å². The SMILES string of the molecule is COc1cc(NC(=O)c2ccc(C(=O)NCC(C)(C)C)cc2)ccc1C(=O)O. The second kappa shape index (κ2) is 8.56. The lowest BCUT2D eigenvalue weighted by molar-refractivity contribution is 0.0693. The fourth-order valence-corrected chi connectivity index (χ4v) is 2.37. The molecule has 3 N–H and O–H groups in total. The van der Waals surface area contributed by atoms with Crippen molar-refractivity contribution in [2.24, 2.45) is 5.41 Å². The predicted octanol–water partition coefficient (Wildman–Crippen LogP) is 3.42. The molecule has 0 spiro atoms. The number of methoxy groups -OCH3 is 1. The van der Waals surface area contributed by atoms with Crippen molar-refractivity contribution in [1.82, 2.24) is 5.32 Å². The van der Waals surface area contributed by atoms with Crippen molar-refractivity contribution < 1.29 is 24.2 Å². The summed E-state index contributed by atoms with van der Waals surface area (Å²) in [6, 6.07) is 10.6. The third kappa shape index (κ3) is 5.57. The first-order valence-corrected chi connectivity index (χ1v) is 8.71. The Bertz CT molecular complexity index is 883. The summed E-state index contributed by atoms with van der Waals surface area (Å²) in [6.07, 6.45) is 0. The molecule has 2 rings (SSSR count). The fourth-order valence-electron chi connectivity index (χ4n) is 2.37. The molecular formula is C21H24N2O5. The molecule has 0 unspecified atom stereocenters. The van der Waals surface area contributed by atoms with E-state index in [2.05, 4.69) is 10.6 Å². The highest BCUT2D eigenvalue weighted by atomic mass is 16.5. The number of nitrogens with one attached hydrogen (secondary N) is 2. The Labute approximate surface area is 163 Å². The average molecular weight is 384 g/mol. The molecule has 7 heteroatoms. The second-order valence-corrected chi connectivity index (χ2v) is 7.50. The Balaban J connectivity index is 2.07. The van der Waals surface area contributed by atoms with Crippen LogP contribution < -0.4 is 15.4 Å². The molecule has 0 radical (unpaired) electrons. The van der Waals surface area contributed by atoms with Crippen molar-refractivity contribution in [1.29, 1.82) is 0 Å². The average Bonchev–Trinajstić information content (AvgIpc) is 2.65. The van der Waals surface area contributed by atoms with Gasteiger partial charge in [0.2, 0.25) is 0 Å². The van der Waals surface area contributed by atoms with Gasteiger partial charge in [0.05, 0.1) is 7.11 Å². The van der Waals surface area contributed by atoms with Gasteiger partial charge in [0.1, 0.15) is 11.3 Å². The lowest BCUT2D eigenvalue weighted by Crippen LogP contribution is -2.32. The van der Waals surface area contributed by atoms with Gasteiger partial charge in [-0.3, -0.25) is 9.59 Å². The van der Waals surface area contributed by atoms with Gasteiger partial charge in [-0.05, 0) is 41.8 Å². The Morgan fingerprint density at radius 2 is 1.54 bits per heavy atom. The number of ether oxygens (including phenoxy) is 1. The molecule has 0 fully saturated rings. The molecule has 7 nitrogen and oxygen atoms in total. The van der Waals surface area contributed by atoms with Crippen LogP contribution in [-0.2, 0) is 0 Å². The second-order valence-electron chi connectivity index (χ2n) is 7.50. The van der Waals surface area contributed by atoms with Gasteiger partial charge in [-0.1, -0.05) is 20.8 Å². The molecule has 148 valence electrons. The monoisotopic (exact) mass is 384 g/mol. The van der Waals surface area contributed by atoms with Crippen LogP contribution in [0.15, 0.2) is 42.5 Å². The summed E-state index contributed by atoms with van der Waals surface area (Å²) < 4.78 is 5.05. The van der Waals surface area contributed by atoms with Crippen LogP contribution >= 0.6 is 0 Å². The summed E-state index contributed by atoms with van der Waals surface area (Å²) in [5.41, 5.74) is 1.22. The molecule has 0 saturated heterocycles. The minimum atomic E-state index is -1.12. The molecule has 0 aromatic heterocycles. The summed E-state index contributed by atoms with van der Waals surface area (Å²) >= 11 is 0. The predicted molar refractivity (Wildman–Crippen MR) is 106 cm³/mol. The largest absolute Gasteiger partial charge is 0.496 e. The van der Waals surface area contributed by atoms with E-state index in [0.717, 1.165) is 0 Å². The molecule has 0 saturated carbocycles. The van der Waals surface area contributed by atoms with Crippen LogP contribution in [0.4, 0.5) is 5.69 Å². The van der Waals surface area contributed by atoms with Crippen LogP contribution in [0.3, 0.4) is 0 Å². The molecule has 0 heterocycles. The van der Waals surface area contributed by atoms with Crippen molar-refractivity contribution in [2.75, 3.05) is 19.0 Å². The number of carbonyl (C=O) groups is 3. The van der Waals surface area contributed by atoms with Crippen LogP contribution in [0.25, 0.3) is 0 Å². The molecule has 0 aliphatic rings. The maximum absolute atomic E-state index is 12.4. The van der Waals surface area contributed by atoms with E-state index < -0.39 is 5.97 Å². The van der Waals surface area contributed by atoms with Gasteiger partial charge in [-0.2, -0.15) is 0 Å². The summed E-state index contributed by atoms with van der Waals surface area (Å²) in [6.45, 7) is 6.62. The topological polar surface area (TPSA) is 105 Å². The summed E-state index contributed by atoms with van der Waals surface area (Å²) in [5.74, 6) is -1.55. The standard InChI is InChI=1S/C21H24N2O5/c1-21(2,3)12-22-18(24)13-5-7-14(8-6-13)19(25)23-15-9-10-16(20(26)27)17(11-15)28-4/h5-11H,12H2,1-4H3,(H,22,24)(H,23,25)(H,26,27). The maximum Gasteiger partial charge on any atom is 0.339 e. The third-order valence-electron chi connectivity index (χ3n) is 3.88. The molecule has 2 aromatic rings. The van der Waals surface area contributed by atoms with E-state index in [9.17, 15) is 14.4 Å². The molecule has 28 heavy (non-hydrogen) atoms. The summed E-state index contributed by atoms with van der Waals surface area (Å²) in [7, 11) is 1.36. The Morgan fingerprint density at radius 1 is 0.964 bits per heavy atom. The van der Waals surface area contributed by atoms with E-state index in [4.69, 9.17) is 9.84 Å². The first-order valence-electron chi connectivity index (χ1n) is 8.71. The number of carboxylic acids is 1. The number of hydrogen-bond donors (Lipinski definition) is 3. The van der Waals surface area contributed by atoms with Crippen molar-refractivity contribution in [3.05, 3.63) is 59.2 Å². The van der Waals surface area contributed by atoms with Crippen molar-refractivity contribution in [3.8, 4) is 5.75 Å². The first kappa shape index (κ1) is 21.0. The van der Waals surface area contributed by atoms with Crippen molar-refractivity contribution in [2.45, 2.75) is 20.8 Å². The summed E-state index contributed by atoms with van der Waals surface area (Å²) in [4.78, 5) is 35.7. The molecule has 0 bridgehead atoms. The number of carbonyl (C=O) groups excluding carboxylic acids is 2. The zero-order chi connectivity index (χ0) is 20.9. The van der Waals surface area contributed by atoms with Gasteiger partial charge < -0.3 is 20.5 Å². The quantitative estimate of drug-likeness (QED) is 0.708. The number of amides is 2. The smallest absolute Gasteiger partial charge is 0.339 e. The van der Waals surface area contributed by atoms with E-state index in [1.54, 1.807) is 24.3 Å². The number of benzene rings is 2. The van der Waals surface area contributed by atoms with E-state index >= 15 is 0 Å². The lowest BCUT2D eigenvalue weighted by atomic mass is 9.97. The number of carboxylic acid groups (broad SMARTS) is 1. The Kier molecular flexibility index (Phi) is 6.41. The highest BCUT2D eigenvalue weighted by Crippen LogP contribution is 2.23. The van der Waals surface area contributed by atoms with Crippen LogP contribution in [0, 0.1) is 5.41 Å². The minimum absolute atomic E-state index is 0.00567. The van der Waals surface area contributed by atoms with Gasteiger partial charge in [0.15, 0.2) is 0 Å². The van der Waals surface area contributed by atoms with E-state index in [-0.39, 0.29) is 28.5 Å². The van der Waals surface area contributed by atoms with Crippen LogP contribution in [-0.4, -0.2) is 36.5 Å². The van der Waals surface area contributed by atoms with E-state index in [1.165, 1.54) is 25.3 Å². The first-order chi connectivity index (χ1) is 13.1. The van der Waals surface area contributed by atoms with Crippen LogP contribution in [0.1, 0.15) is 51.8 Å². The zero-order valence-corrected chi connectivity index (χ0v) is 16.3. The third-order valence-corrected chi connectivity index (χ3v) is 3.88. The van der Waals surface area contributed by atoms with Gasteiger partial charge >= 0.3 is 5.97 Å². The summed E-state index contributed by atoms with van der Waals surface area (Å²) in [5, 5.41) is 14.6. The molecule has 2 amide bonds. The zero-order valence-electron chi connectivity index (χ0n) is 16.3. The number of anilines is 1. The molecule has 0 aliphatic carbocycles. The highest BCUT2D eigenvalue weighted by Gasteiger charge is 2.15. The van der Waals surface area contributed by atoms with Gasteiger partial charge in [-0.15, -0.1) is 0 Å². The van der Waals surface area contributed by atoms with Crippen molar-refractivity contribution >= 4 is 23.5 Å². The lowest BCUT2D eigenvalue weighted by Gasteiger charge is -2.18. The maximum atomic E-state index is 12.4. The number of rotatable bonds is 6. The van der Waals surface area contributed by atoms with E-state index in [1.807, 2.05) is 20.8 Å². The minimum Gasteiger partial charge on any atom is -0.496 e. The normalized spacial score (nSPS) is 10.9. The highest BCUT2D eigenvalue weighted by molar-refractivity contribution is 6.05. The van der Waals surface area contributed by atoms with Crippen molar-refractivity contribution in [3.63, 3.8) is 0 Å². The molecular weight excluding hydrogens is 360 g/mol.